The lowest BCUT2D eigenvalue weighted by Crippen LogP contribution is -2.33. The number of hydrogen-bond acceptors (Lipinski definition) is 9. The smallest absolute Gasteiger partial charge is 0.387 e. The fraction of sp³-hybridized carbons (Fsp3) is 0.667. The molecule has 3 rings (SSSR count). The summed E-state index contributed by atoms with van der Waals surface area (Å²) in [5.41, 5.74) is 1.75. The van der Waals surface area contributed by atoms with E-state index < -0.39 is 39.0 Å². The number of imidazole rings is 1. The van der Waals surface area contributed by atoms with Crippen molar-refractivity contribution >= 4 is 24.7 Å². The lowest BCUT2D eigenvalue weighted by Gasteiger charge is -2.16. The summed E-state index contributed by atoms with van der Waals surface area (Å²) in [5.74, 6) is 0. The van der Waals surface area contributed by atoms with Crippen LogP contribution in [0.4, 0.5) is 5.69 Å². The van der Waals surface area contributed by atoms with Gasteiger partial charge < -0.3 is 34.8 Å². The van der Waals surface area contributed by atoms with E-state index in [2.05, 4.69) is 26.7 Å². The van der Waals surface area contributed by atoms with Gasteiger partial charge >= 0.3 is 7.82 Å². The Morgan fingerprint density at radius 2 is 2.00 bits per heavy atom. The highest BCUT2D eigenvalue weighted by atomic mass is 31.2. The average Bonchev–Trinajstić information content (AvgIpc) is 3.27. The van der Waals surface area contributed by atoms with E-state index in [0.717, 1.165) is 31.6 Å². The van der Waals surface area contributed by atoms with Crippen molar-refractivity contribution in [3.8, 4) is 0 Å². The molecule has 2 aromatic heterocycles. The Kier molecular flexibility index (Phi) is 8.36. The van der Waals surface area contributed by atoms with Gasteiger partial charge in [0, 0.05) is 26.0 Å². The Hall–Kier alpha value is -1.63. The molecule has 0 amide bonds. The maximum absolute atomic E-state index is 10.9. The number of fused-ring (bicyclic) bond motifs is 1. The molecule has 12 nitrogen and oxygen atoms in total. The third-order valence-corrected chi connectivity index (χ3v) is 5.39. The van der Waals surface area contributed by atoms with E-state index in [9.17, 15) is 14.8 Å². The van der Waals surface area contributed by atoms with Crippen LogP contribution in [0, 0.1) is 0 Å². The predicted molar refractivity (Wildman–Crippen MR) is 110 cm³/mol. The zero-order chi connectivity index (χ0) is 22.4. The average molecular weight is 460 g/mol. The summed E-state index contributed by atoms with van der Waals surface area (Å²) in [4.78, 5) is 26.3. The van der Waals surface area contributed by atoms with E-state index in [1.54, 1.807) is 12.3 Å². The molecule has 174 valence electrons. The number of rotatable bonds is 12. The molecule has 0 saturated carbocycles. The van der Waals surface area contributed by atoms with Gasteiger partial charge in [-0.2, -0.15) is 0 Å². The number of phosphoric ester groups is 1. The van der Waals surface area contributed by atoms with Crippen molar-refractivity contribution in [3.05, 3.63) is 18.6 Å². The van der Waals surface area contributed by atoms with Gasteiger partial charge in [-0.3, -0.25) is 9.09 Å². The molecule has 0 spiro atoms. The molecular formula is C18H29N4O8P. The first-order valence-corrected chi connectivity index (χ1v) is 11.7. The molecule has 0 aromatic carbocycles. The largest absolute Gasteiger partial charge is 0.469 e. The fourth-order valence-corrected chi connectivity index (χ4v) is 3.62. The van der Waals surface area contributed by atoms with E-state index in [1.807, 2.05) is 0 Å². The number of aliphatic hydroxyl groups is 2. The number of nitrogens with one attached hydrogen (secondary N) is 1. The molecule has 1 saturated heterocycles. The van der Waals surface area contributed by atoms with E-state index >= 15 is 0 Å². The number of aromatic nitrogens is 3. The van der Waals surface area contributed by atoms with E-state index in [4.69, 9.17) is 19.3 Å². The van der Waals surface area contributed by atoms with Gasteiger partial charge in [0.1, 0.15) is 23.8 Å². The number of nitrogens with zero attached hydrogens (tertiary/aromatic N) is 3. The van der Waals surface area contributed by atoms with Gasteiger partial charge in [0.2, 0.25) is 0 Å². The highest BCUT2D eigenvalue weighted by Crippen LogP contribution is 2.39. The van der Waals surface area contributed by atoms with Crippen LogP contribution in [0.15, 0.2) is 18.6 Å². The monoisotopic (exact) mass is 460 g/mol. The molecule has 0 radical (unpaired) electrons. The second kappa shape index (κ2) is 10.8. The van der Waals surface area contributed by atoms with Gasteiger partial charge in [0.15, 0.2) is 11.9 Å². The van der Waals surface area contributed by atoms with Crippen molar-refractivity contribution in [2.75, 3.05) is 31.7 Å². The molecule has 1 aliphatic rings. The molecular weight excluding hydrogens is 431 g/mol. The molecule has 31 heavy (non-hydrogen) atoms. The normalized spacial score (nSPS) is 24.2. The third-order valence-electron chi connectivity index (χ3n) is 4.90. The molecule has 3 heterocycles. The molecule has 2 aromatic rings. The lowest BCUT2D eigenvalue weighted by molar-refractivity contribution is -0.0503. The van der Waals surface area contributed by atoms with Crippen LogP contribution in [-0.2, 0) is 18.6 Å². The number of anilines is 1. The van der Waals surface area contributed by atoms with Crippen molar-refractivity contribution in [1.29, 1.82) is 0 Å². The van der Waals surface area contributed by atoms with Crippen LogP contribution < -0.4 is 5.32 Å². The molecule has 1 fully saturated rings. The van der Waals surface area contributed by atoms with E-state index in [-0.39, 0.29) is 0 Å². The second-order valence-electron chi connectivity index (χ2n) is 7.26. The van der Waals surface area contributed by atoms with Gasteiger partial charge in [-0.15, -0.1) is 0 Å². The standard InChI is InChI=1S/C18H29N4O8P/c1-2-3-8-28-9-4-6-19-12-5-7-20-17-14(12)21-11-22(17)18-16(24)15(23)13(30-18)10-29-31(25,26)27/h5,7,11,13,15-16,18,23-24H,2-4,6,8-10H2,1H3,(H,19,20)(H2,25,26,27)/t13-,15-,16-,18-/m1/s1. The SMILES string of the molecule is CCCCOCCCNc1ccnc2c1ncn2[C@@H]1O[C@H](COP(=O)(O)O)[C@@H](O)[C@H]1O. The van der Waals surface area contributed by atoms with Crippen molar-refractivity contribution in [3.63, 3.8) is 0 Å². The van der Waals surface area contributed by atoms with E-state index in [1.165, 1.54) is 10.9 Å². The first-order chi connectivity index (χ1) is 14.8. The minimum atomic E-state index is -4.73. The number of aliphatic hydroxyl groups excluding tert-OH is 2. The van der Waals surface area contributed by atoms with Gasteiger partial charge in [-0.25, -0.2) is 14.5 Å². The summed E-state index contributed by atoms with van der Waals surface area (Å²) in [6.45, 7) is 3.64. The van der Waals surface area contributed by atoms with Gasteiger partial charge in [-0.1, -0.05) is 13.3 Å². The van der Waals surface area contributed by atoms with Gasteiger partial charge in [0.25, 0.3) is 0 Å². The van der Waals surface area contributed by atoms with Crippen LogP contribution in [0.5, 0.6) is 0 Å². The molecule has 1 aliphatic heterocycles. The second-order valence-corrected chi connectivity index (χ2v) is 8.50. The molecule has 13 heteroatoms. The third kappa shape index (κ3) is 6.21. The van der Waals surface area contributed by atoms with Crippen LogP contribution >= 0.6 is 7.82 Å². The highest BCUT2D eigenvalue weighted by molar-refractivity contribution is 7.46. The van der Waals surface area contributed by atoms with Crippen LogP contribution in [0.2, 0.25) is 0 Å². The summed E-state index contributed by atoms with van der Waals surface area (Å²) in [6.07, 6.45) is 1.07. The highest BCUT2D eigenvalue weighted by Gasteiger charge is 2.45. The minimum Gasteiger partial charge on any atom is -0.387 e. The van der Waals surface area contributed by atoms with Crippen molar-refractivity contribution < 1.29 is 38.6 Å². The first-order valence-electron chi connectivity index (χ1n) is 10.2. The maximum Gasteiger partial charge on any atom is 0.469 e. The predicted octanol–water partition coefficient (Wildman–Crippen LogP) is 0.778. The maximum atomic E-state index is 10.9. The Bertz CT molecular complexity index is 891. The fourth-order valence-electron chi connectivity index (χ4n) is 3.28. The Balaban J connectivity index is 1.64. The number of hydrogen-bond donors (Lipinski definition) is 5. The minimum absolute atomic E-state index is 0.428. The molecule has 5 N–H and O–H groups in total. The Labute approximate surface area is 179 Å². The molecule has 0 unspecified atom stereocenters. The van der Waals surface area contributed by atoms with E-state index in [0.29, 0.717) is 24.3 Å². The van der Waals surface area contributed by atoms with Crippen LogP contribution in [0.25, 0.3) is 11.2 Å². The molecule has 0 aliphatic carbocycles. The molecule has 4 atom stereocenters. The first kappa shape index (κ1) is 24.0. The van der Waals surface area contributed by atoms with Crippen molar-refractivity contribution in [2.45, 2.75) is 50.7 Å². The Morgan fingerprint density at radius 3 is 2.74 bits per heavy atom. The number of ether oxygens (including phenoxy) is 2. The zero-order valence-corrected chi connectivity index (χ0v) is 18.1. The summed E-state index contributed by atoms with van der Waals surface area (Å²) in [7, 11) is -4.73. The van der Waals surface area contributed by atoms with Crippen LogP contribution in [0.3, 0.4) is 0 Å². The van der Waals surface area contributed by atoms with Crippen molar-refractivity contribution in [2.24, 2.45) is 0 Å². The number of unbranched alkanes of at least 4 members (excludes halogenated alkanes) is 1. The summed E-state index contributed by atoms with van der Waals surface area (Å²) in [6, 6.07) is 1.79. The summed E-state index contributed by atoms with van der Waals surface area (Å²) < 4.78 is 27.9. The number of phosphoric acid groups is 1. The van der Waals surface area contributed by atoms with Crippen LogP contribution in [-0.4, -0.2) is 79.2 Å². The van der Waals surface area contributed by atoms with Crippen molar-refractivity contribution in [1.82, 2.24) is 14.5 Å². The number of pyridine rings is 1. The van der Waals surface area contributed by atoms with Gasteiger partial charge in [-0.05, 0) is 18.9 Å². The summed E-state index contributed by atoms with van der Waals surface area (Å²) in [5, 5.41) is 23.9. The van der Waals surface area contributed by atoms with Gasteiger partial charge in [0.05, 0.1) is 18.6 Å². The lowest BCUT2D eigenvalue weighted by atomic mass is 10.1. The topological polar surface area (TPSA) is 168 Å². The van der Waals surface area contributed by atoms with Crippen LogP contribution in [0.1, 0.15) is 32.4 Å². The zero-order valence-electron chi connectivity index (χ0n) is 17.2. The quantitative estimate of drug-likeness (QED) is 0.224. The molecule has 0 bridgehead atoms. The Morgan fingerprint density at radius 1 is 1.23 bits per heavy atom. The summed E-state index contributed by atoms with van der Waals surface area (Å²) >= 11 is 0.